The third-order valence-electron chi connectivity index (χ3n) is 3.72. The van der Waals surface area contributed by atoms with Crippen molar-refractivity contribution >= 4 is 5.82 Å². The molecule has 1 saturated heterocycles. The number of rotatable bonds is 5. The zero-order chi connectivity index (χ0) is 14.4. The molecule has 0 amide bonds. The van der Waals surface area contributed by atoms with Gasteiger partial charge in [-0.15, -0.1) is 0 Å². The number of H-pyrrole nitrogens is 1. The number of quaternary nitrogens is 1. The van der Waals surface area contributed by atoms with Gasteiger partial charge in [-0.25, -0.2) is 4.98 Å². The van der Waals surface area contributed by atoms with Crippen LogP contribution in [0.4, 0.5) is 5.82 Å². The Hall–Kier alpha value is -1.64. The SMILES string of the molecule is Cc1cc(C)c(C#N)c(NCCC[NH+]2CCOCC2)[nH+]1. The van der Waals surface area contributed by atoms with E-state index >= 15 is 0 Å². The molecule has 1 aliphatic heterocycles. The van der Waals surface area contributed by atoms with Gasteiger partial charge in [0.15, 0.2) is 0 Å². The van der Waals surface area contributed by atoms with Gasteiger partial charge in [0.1, 0.15) is 24.7 Å². The molecule has 3 N–H and O–H groups in total. The minimum atomic E-state index is 0.717. The lowest BCUT2D eigenvalue weighted by Crippen LogP contribution is -3.14. The van der Waals surface area contributed by atoms with Crippen molar-refractivity contribution in [3.63, 3.8) is 0 Å². The number of pyridine rings is 1. The normalized spacial score (nSPS) is 15.8. The van der Waals surface area contributed by atoms with Crippen LogP contribution < -0.4 is 15.2 Å². The highest BCUT2D eigenvalue weighted by molar-refractivity contribution is 5.52. The van der Waals surface area contributed by atoms with E-state index in [0.717, 1.165) is 62.9 Å². The van der Waals surface area contributed by atoms with Crippen molar-refractivity contribution in [1.82, 2.24) is 0 Å². The number of aromatic amines is 1. The van der Waals surface area contributed by atoms with Gasteiger partial charge in [0.25, 0.3) is 5.82 Å². The summed E-state index contributed by atoms with van der Waals surface area (Å²) in [6, 6.07) is 4.27. The first-order valence-corrected chi connectivity index (χ1v) is 7.29. The van der Waals surface area contributed by atoms with Crippen LogP contribution in [0.3, 0.4) is 0 Å². The Kier molecular flexibility index (Phi) is 5.33. The van der Waals surface area contributed by atoms with E-state index in [4.69, 9.17) is 4.74 Å². The number of aryl methyl sites for hydroxylation is 2. The third kappa shape index (κ3) is 3.92. The Balaban J connectivity index is 1.83. The van der Waals surface area contributed by atoms with Crippen LogP contribution in [-0.2, 0) is 4.74 Å². The van der Waals surface area contributed by atoms with Crippen LogP contribution in [0.1, 0.15) is 23.2 Å². The summed E-state index contributed by atoms with van der Waals surface area (Å²) < 4.78 is 5.35. The van der Waals surface area contributed by atoms with Crippen molar-refractivity contribution < 1.29 is 14.6 Å². The predicted octanol–water partition coefficient (Wildman–Crippen LogP) is -0.294. The molecule has 0 unspecified atom stereocenters. The molecule has 0 saturated carbocycles. The van der Waals surface area contributed by atoms with Gasteiger partial charge >= 0.3 is 0 Å². The number of nitrogens with one attached hydrogen (secondary N) is 3. The van der Waals surface area contributed by atoms with Gasteiger partial charge in [-0.1, -0.05) is 0 Å². The summed E-state index contributed by atoms with van der Waals surface area (Å²) in [5.74, 6) is 0.849. The average molecular weight is 276 g/mol. The van der Waals surface area contributed by atoms with E-state index in [2.05, 4.69) is 16.4 Å². The summed E-state index contributed by atoms with van der Waals surface area (Å²) in [5, 5.41) is 12.6. The fraction of sp³-hybridized carbons (Fsp3) is 0.600. The molecular weight excluding hydrogens is 252 g/mol. The van der Waals surface area contributed by atoms with E-state index in [1.54, 1.807) is 4.90 Å². The summed E-state index contributed by atoms with van der Waals surface area (Å²) in [4.78, 5) is 4.86. The highest BCUT2D eigenvalue weighted by atomic mass is 16.5. The lowest BCUT2D eigenvalue weighted by molar-refractivity contribution is -0.908. The molecule has 1 aromatic rings. The second-order valence-electron chi connectivity index (χ2n) is 5.39. The maximum absolute atomic E-state index is 9.22. The first-order chi connectivity index (χ1) is 9.70. The first kappa shape index (κ1) is 14.8. The van der Waals surface area contributed by atoms with Gasteiger partial charge in [-0.3, -0.25) is 5.32 Å². The van der Waals surface area contributed by atoms with Crippen molar-refractivity contribution in [2.75, 3.05) is 44.7 Å². The van der Waals surface area contributed by atoms with Crippen molar-refractivity contribution in [3.8, 4) is 6.07 Å². The van der Waals surface area contributed by atoms with Gasteiger partial charge in [0.05, 0.1) is 32.0 Å². The van der Waals surface area contributed by atoms with E-state index in [9.17, 15) is 5.26 Å². The van der Waals surface area contributed by atoms with E-state index in [-0.39, 0.29) is 0 Å². The maximum atomic E-state index is 9.22. The van der Waals surface area contributed by atoms with Gasteiger partial charge < -0.3 is 9.64 Å². The second kappa shape index (κ2) is 7.22. The van der Waals surface area contributed by atoms with Crippen LogP contribution >= 0.6 is 0 Å². The Morgan fingerprint density at radius 2 is 2.15 bits per heavy atom. The van der Waals surface area contributed by atoms with E-state index in [1.165, 1.54) is 0 Å². The van der Waals surface area contributed by atoms with Crippen LogP contribution in [0.5, 0.6) is 0 Å². The van der Waals surface area contributed by atoms with Crippen LogP contribution in [0.25, 0.3) is 0 Å². The molecule has 5 heteroatoms. The summed E-state index contributed by atoms with van der Waals surface area (Å²) in [7, 11) is 0. The Morgan fingerprint density at radius 1 is 1.40 bits per heavy atom. The molecule has 2 rings (SSSR count). The molecule has 0 bridgehead atoms. The number of hydrogen-bond donors (Lipinski definition) is 2. The summed E-state index contributed by atoms with van der Waals surface area (Å²) in [5.41, 5.74) is 2.81. The predicted molar refractivity (Wildman–Crippen MR) is 76.7 cm³/mol. The number of morpholine rings is 1. The molecule has 108 valence electrons. The smallest absolute Gasteiger partial charge is 0.290 e. The fourth-order valence-electron chi connectivity index (χ4n) is 2.63. The van der Waals surface area contributed by atoms with Crippen molar-refractivity contribution in [3.05, 3.63) is 22.9 Å². The topological polar surface area (TPSA) is 63.6 Å². The molecule has 1 fully saturated rings. The molecule has 1 aliphatic rings. The fourth-order valence-corrected chi connectivity index (χ4v) is 2.63. The monoisotopic (exact) mass is 276 g/mol. The number of hydrogen-bond acceptors (Lipinski definition) is 3. The zero-order valence-electron chi connectivity index (χ0n) is 12.4. The van der Waals surface area contributed by atoms with Gasteiger partial charge in [-0.05, 0) is 25.5 Å². The average Bonchev–Trinajstić information content (AvgIpc) is 2.44. The van der Waals surface area contributed by atoms with E-state index in [0.29, 0.717) is 5.56 Å². The van der Waals surface area contributed by atoms with Crippen molar-refractivity contribution in [2.24, 2.45) is 0 Å². The second-order valence-corrected chi connectivity index (χ2v) is 5.39. The van der Waals surface area contributed by atoms with E-state index in [1.807, 2.05) is 19.9 Å². The standard InChI is InChI=1S/C15H22N4O/c1-12-10-13(2)18-15(14(12)11-16)17-4-3-5-19-6-8-20-9-7-19/h10H,3-9H2,1-2H3,(H,17,18)/p+2. The third-order valence-corrected chi connectivity index (χ3v) is 3.72. The molecule has 5 nitrogen and oxygen atoms in total. The first-order valence-electron chi connectivity index (χ1n) is 7.29. The van der Waals surface area contributed by atoms with Crippen molar-refractivity contribution in [1.29, 1.82) is 5.26 Å². The molecule has 0 aromatic carbocycles. The van der Waals surface area contributed by atoms with Crippen LogP contribution in [-0.4, -0.2) is 39.4 Å². The van der Waals surface area contributed by atoms with Crippen molar-refractivity contribution in [2.45, 2.75) is 20.3 Å². The molecule has 0 spiro atoms. The number of nitriles is 1. The molecule has 20 heavy (non-hydrogen) atoms. The largest absolute Gasteiger partial charge is 0.370 e. The van der Waals surface area contributed by atoms with Gasteiger partial charge in [0, 0.05) is 6.42 Å². The number of ether oxygens (including phenoxy) is 1. The molecule has 1 aromatic heterocycles. The summed E-state index contributed by atoms with van der Waals surface area (Å²) >= 11 is 0. The van der Waals surface area contributed by atoms with E-state index < -0.39 is 0 Å². The van der Waals surface area contributed by atoms with Crippen LogP contribution in [0.15, 0.2) is 6.07 Å². The molecule has 0 radical (unpaired) electrons. The minimum Gasteiger partial charge on any atom is -0.370 e. The highest BCUT2D eigenvalue weighted by Gasteiger charge is 2.16. The summed E-state index contributed by atoms with van der Waals surface area (Å²) in [6.45, 7) is 10.0. The zero-order valence-corrected chi connectivity index (χ0v) is 12.4. The number of aromatic nitrogens is 1. The van der Waals surface area contributed by atoms with Gasteiger partial charge in [-0.2, -0.15) is 5.26 Å². The Morgan fingerprint density at radius 3 is 2.85 bits per heavy atom. The molecular formula is C15H24N4O+2. The highest BCUT2D eigenvalue weighted by Crippen LogP contribution is 2.13. The lowest BCUT2D eigenvalue weighted by atomic mass is 10.1. The molecule has 2 heterocycles. The number of nitrogens with zero attached hydrogens (tertiary/aromatic N) is 1. The van der Waals surface area contributed by atoms with Gasteiger partial charge in [0.2, 0.25) is 0 Å². The lowest BCUT2D eigenvalue weighted by Gasteiger charge is -2.23. The minimum absolute atomic E-state index is 0.717. The Bertz CT molecular complexity index is 489. The number of anilines is 1. The van der Waals surface area contributed by atoms with Crippen LogP contribution in [0.2, 0.25) is 0 Å². The molecule has 0 atom stereocenters. The van der Waals surface area contributed by atoms with Crippen LogP contribution in [0, 0.1) is 25.2 Å². The maximum Gasteiger partial charge on any atom is 0.290 e. The molecule has 0 aliphatic carbocycles. The Labute approximate surface area is 120 Å². The quantitative estimate of drug-likeness (QED) is 0.726. The summed E-state index contributed by atoms with van der Waals surface area (Å²) in [6.07, 6.45) is 1.10.